The van der Waals surface area contributed by atoms with Crippen molar-refractivity contribution in [2.45, 2.75) is 50.5 Å². The lowest BCUT2D eigenvalue weighted by Crippen LogP contribution is -2.54. The van der Waals surface area contributed by atoms with Crippen molar-refractivity contribution in [2.24, 2.45) is 0 Å². The zero-order valence-electron chi connectivity index (χ0n) is 12.3. The number of amides is 2. The molecule has 0 saturated carbocycles. The van der Waals surface area contributed by atoms with Crippen LogP contribution in [0.1, 0.15) is 26.2 Å². The summed E-state index contributed by atoms with van der Waals surface area (Å²) in [5.74, 6) is -3.31. The Bertz CT molecular complexity index is 471. The minimum Gasteiger partial charge on any atom is -0.480 e. The highest BCUT2D eigenvalue weighted by Gasteiger charge is 2.44. The van der Waals surface area contributed by atoms with Crippen LogP contribution in [0.25, 0.3) is 0 Å². The van der Waals surface area contributed by atoms with Gasteiger partial charge in [-0.3, -0.25) is 20.1 Å². The maximum Gasteiger partial charge on any atom is 0.404 e. The number of nitrogens with zero attached hydrogens (tertiary/aromatic N) is 1. The standard InChI is InChI=1S/C12H18F3N3O5/c1-6(10(20)17-23)16-8(12(13,14)15)5-9(19)18-4-2-3-7(18)11(21)22/h6-8,16,23H,2-5H2,1H3,(H,17,20)(H,21,22)/t6-,7-,8+/m0/s1. The van der Waals surface area contributed by atoms with E-state index in [1.54, 1.807) is 0 Å². The maximum atomic E-state index is 13.0. The van der Waals surface area contributed by atoms with E-state index in [0.29, 0.717) is 6.42 Å². The van der Waals surface area contributed by atoms with E-state index in [9.17, 15) is 27.6 Å². The maximum absolute atomic E-state index is 13.0. The molecule has 1 aliphatic rings. The fourth-order valence-corrected chi connectivity index (χ4v) is 2.36. The average Bonchev–Trinajstić information content (AvgIpc) is 2.94. The molecule has 132 valence electrons. The first-order chi connectivity index (χ1) is 10.6. The van der Waals surface area contributed by atoms with E-state index in [2.05, 4.69) is 0 Å². The molecule has 1 rings (SSSR count). The first-order valence-corrected chi connectivity index (χ1v) is 6.87. The molecule has 1 aliphatic heterocycles. The van der Waals surface area contributed by atoms with Crippen molar-refractivity contribution >= 4 is 17.8 Å². The average molecular weight is 341 g/mol. The lowest BCUT2D eigenvalue weighted by atomic mass is 10.1. The number of hydrogen-bond acceptors (Lipinski definition) is 5. The number of alkyl halides is 3. The molecule has 0 aromatic heterocycles. The second-order valence-corrected chi connectivity index (χ2v) is 5.25. The minimum atomic E-state index is -4.82. The second kappa shape index (κ2) is 7.59. The van der Waals surface area contributed by atoms with Gasteiger partial charge in [0.05, 0.1) is 12.5 Å². The molecule has 0 unspecified atom stereocenters. The molecule has 11 heteroatoms. The molecular formula is C12H18F3N3O5. The van der Waals surface area contributed by atoms with Crippen LogP contribution in [0.4, 0.5) is 13.2 Å². The molecule has 8 nitrogen and oxygen atoms in total. The van der Waals surface area contributed by atoms with Crippen LogP contribution in [-0.4, -0.2) is 63.8 Å². The van der Waals surface area contributed by atoms with Crippen LogP contribution in [-0.2, 0) is 14.4 Å². The SMILES string of the molecule is C[C@H](N[C@H](CC(=O)N1CCC[C@H]1C(=O)O)C(F)(F)F)C(=O)NO. The third kappa shape index (κ3) is 5.06. The highest BCUT2D eigenvalue weighted by Crippen LogP contribution is 2.26. The van der Waals surface area contributed by atoms with Gasteiger partial charge in [-0.15, -0.1) is 0 Å². The normalized spacial score (nSPS) is 20.9. The summed E-state index contributed by atoms with van der Waals surface area (Å²) in [5.41, 5.74) is 1.21. The monoisotopic (exact) mass is 341 g/mol. The number of rotatable bonds is 6. The molecule has 1 saturated heterocycles. The summed E-state index contributed by atoms with van der Waals surface area (Å²) in [6, 6.07) is -4.86. The van der Waals surface area contributed by atoms with Gasteiger partial charge in [0, 0.05) is 6.54 Å². The summed E-state index contributed by atoms with van der Waals surface area (Å²) < 4.78 is 39.0. The molecule has 1 heterocycles. The minimum absolute atomic E-state index is 0.0764. The molecule has 1 fully saturated rings. The number of carbonyl (C=O) groups is 3. The second-order valence-electron chi connectivity index (χ2n) is 5.25. The topological polar surface area (TPSA) is 119 Å². The quantitative estimate of drug-likeness (QED) is 0.395. The molecule has 2 amide bonds. The number of nitrogens with one attached hydrogen (secondary N) is 2. The van der Waals surface area contributed by atoms with E-state index >= 15 is 0 Å². The van der Waals surface area contributed by atoms with Gasteiger partial charge in [0.25, 0.3) is 5.91 Å². The Balaban J connectivity index is 2.79. The zero-order valence-corrected chi connectivity index (χ0v) is 12.3. The van der Waals surface area contributed by atoms with Crippen LogP contribution in [0.3, 0.4) is 0 Å². The number of likely N-dealkylation sites (tertiary alicyclic amines) is 1. The Hall–Kier alpha value is -1.88. The van der Waals surface area contributed by atoms with Gasteiger partial charge in [-0.25, -0.2) is 10.3 Å². The van der Waals surface area contributed by atoms with Crippen molar-refractivity contribution in [1.29, 1.82) is 0 Å². The first kappa shape index (κ1) is 19.2. The predicted octanol–water partition coefficient (Wildman–Crippen LogP) is -0.133. The molecule has 0 bridgehead atoms. The van der Waals surface area contributed by atoms with Crippen molar-refractivity contribution in [3.05, 3.63) is 0 Å². The molecule has 0 radical (unpaired) electrons. The molecular weight excluding hydrogens is 323 g/mol. The highest BCUT2D eigenvalue weighted by molar-refractivity contribution is 5.85. The molecule has 0 aromatic carbocycles. The number of hydroxylamine groups is 1. The summed E-state index contributed by atoms with van der Waals surface area (Å²) >= 11 is 0. The van der Waals surface area contributed by atoms with Crippen molar-refractivity contribution in [2.75, 3.05) is 6.54 Å². The Labute approximate surface area is 129 Å². The fraction of sp³-hybridized carbons (Fsp3) is 0.750. The predicted molar refractivity (Wildman–Crippen MR) is 69.4 cm³/mol. The van der Waals surface area contributed by atoms with Crippen LogP contribution in [0.2, 0.25) is 0 Å². The van der Waals surface area contributed by atoms with Crippen LogP contribution in [0, 0.1) is 0 Å². The first-order valence-electron chi connectivity index (χ1n) is 6.87. The van der Waals surface area contributed by atoms with E-state index < -0.39 is 48.5 Å². The van der Waals surface area contributed by atoms with E-state index in [-0.39, 0.29) is 13.0 Å². The lowest BCUT2D eigenvalue weighted by molar-refractivity contribution is -0.168. The van der Waals surface area contributed by atoms with Gasteiger partial charge >= 0.3 is 12.1 Å². The summed E-state index contributed by atoms with van der Waals surface area (Å²) in [5, 5.41) is 19.3. The lowest BCUT2D eigenvalue weighted by Gasteiger charge is -2.27. The van der Waals surface area contributed by atoms with E-state index in [0.717, 1.165) is 11.8 Å². The van der Waals surface area contributed by atoms with E-state index in [1.807, 2.05) is 5.32 Å². The van der Waals surface area contributed by atoms with Crippen molar-refractivity contribution in [3.8, 4) is 0 Å². The highest BCUT2D eigenvalue weighted by atomic mass is 19.4. The Morgan fingerprint density at radius 2 is 1.96 bits per heavy atom. The van der Waals surface area contributed by atoms with Crippen LogP contribution < -0.4 is 10.8 Å². The largest absolute Gasteiger partial charge is 0.480 e. The summed E-state index contributed by atoms with van der Waals surface area (Å²) in [6.07, 6.45) is -5.26. The Morgan fingerprint density at radius 1 is 1.35 bits per heavy atom. The van der Waals surface area contributed by atoms with Gasteiger partial charge in [-0.1, -0.05) is 0 Å². The van der Waals surface area contributed by atoms with Gasteiger partial charge < -0.3 is 10.0 Å². The van der Waals surface area contributed by atoms with E-state index in [4.69, 9.17) is 10.3 Å². The molecule has 3 atom stereocenters. The number of carboxylic acid groups (broad SMARTS) is 1. The van der Waals surface area contributed by atoms with Gasteiger partial charge in [0.2, 0.25) is 5.91 Å². The van der Waals surface area contributed by atoms with Crippen molar-refractivity contribution in [3.63, 3.8) is 0 Å². The Kier molecular flexibility index (Phi) is 6.33. The number of carboxylic acids is 1. The van der Waals surface area contributed by atoms with Gasteiger partial charge in [0.1, 0.15) is 12.1 Å². The molecule has 4 N–H and O–H groups in total. The molecule has 0 aromatic rings. The van der Waals surface area contributed by atoms with Crippen LogP contribution >= 0.6 is 0 Å². The summed E-state index contributed by atoms with van der Waals surface area (Å²) in [7, 11) is 0. The van der Waals surface area contributed by atoms with Gasteiger partial charge in [-0.05, 0) is 19.8 Å². The molecule has 23 heavy (non-hydrogen) atoms. The van der Waals surface area contributed by atoms with Gasteiger partial charge in [0.15, 0.2) is 0 Å². The summed E-state index contributed by atoms with van der Waals surface area (Å²) in [6.45, 7) is 1.16. The Morgan fingerprint density at radius 3 is 2.43 bits per heavy atom. The van der Waals surface area contributed by atoms with Crippen molar-refractivity contribution in [1.82, 2.24) is 15.7 Å². The number of hydrogen-bond donors (Lipinski definition) is 4. The third-order valence-electron chi connectivity index (χ3n) is 3.59. The molecule has 0 spiro atoms. The fourth-order valence-electron chi connectivity index (χ4n) is 2.36. The third-order valence-corrected chi connectivity index (χ3v) is 3.59. The van der Waals surface area contributed by atoms with Crippen LogP contribution in [0.15, 0.2) is 0 Å². The summed E-state index contributed by atoms with van der Waals surface area (Å²) in [4.78, 5) is 35.0. The number of carbonyl (C=O) groups excluding carboxylic acids is 2. The zero-order chi connectivity index (χ0) is 17.8. The smallest absolute Gasteiger partial charge is 0.404 e. The number of halogens is 3. The van der Waals surface area contributed by atoms with Crippen molar-refractivity contribution < 1.29 is 37.9 Å². The van der Waals surface area contributed by atoms with Crippen LogP contribution in [0.5, 0.6) is 0 Å². The van der Waals surface area contributed by atoms with E-state index in [1.165, 1.54) is 5.48 Å². The number of aliphatic carboxylic acids is 1. The van der Waals surface area contributed by atoms with Gasteiger partial charge in [-0.2, -0.15) is 13.2 Å². The molecule has 0 aliphatic carbocycles.